The lowest BCUT2D eigenvalue weighted by Crippen LogP contribution is -2.49. The highest BCUT2D eigenvalue weighted by Crippen LogP contribution is 2.76. The Labute approximate surface area is 854 Å². The van der Waals surface area contributed by atoms with Crippen LogP contribution in [0.25, 0.3) is 0 Å². The van der Waals surface area contributed by atoms with Crippen molar-refractivity contribution in [2.75, 3.05) is 26.7 Å². The first-order valence-corrected chi connectivity index (χ1v) is 64.6. The van der Waals surface area contributed by atoms with Crippen molar-refractivity contribution in [3.63, 3.8) is 0 Å². The first kappa shape index (κ1) is 115. The molecule has 16 aliphatic carbocycles. The van der Waals surface area contributed by atoms with Gasteiger partial charge in [-0.25, -0.2) is 0 Å². The van der Waals surface area contributed by atoms with Gasteiger partial charge in [0.1, 0.15) is 0 Å². The van der Waals surface area contributed by atoms with Gasteiger partial charge >= 0.3 is 0 Å². The minimum atomic E-state index is -2.15. The number of benzene rings is 6. The molecule has 16 aliphatic rings. The lowest BCUT2D eigenvalue weighted by atomic mass is 9.53. The Morgan fingerprint density at radius 1 is 0.239 bits per heavy atom. The monoisotopic (exact) mass is 1950 g/mol. The average molecular weight is 1950 g/mol. The second-order valence-electron chi connectivity index (χ2n) is 54.5. The summed E-state index contributed by atoms with van der Waals surface area (Å²) in [6.07, 6.45) is 34.2. The average Bonchev–Trinajstić information content (AvgIpc) is 1.63. The molecule has 22 rings (SSSR count). The highest BCUT2D eigenvalue weighted by Gasteiger charge is 2.64. The van der Waals surface area contributed by atoms with E-state index in [-0.39, 0.29) is 20.4 Å². The van der Waals surface area contributed by atoms with Crippen molar-refractivity contribution in [3.8, 4) is 0 Å². The predicted molar refractivity (Wildman–Crippen MR) is 622 cm³/mol. The van der Waals surface area contributed by atoms with Crippen LogP contribution >= 0.6 is 28.2 Å². The molecule has 138 heavy (non-hydrogen) atoms. The second kappa shape index (κ2) is 44.0. The van der Waals surface area contributed by atoms with Crippen LogP contribution in [0.5, 0.6) is 0 Å². The van der Waals surface area contributed by atoms with Gasteiger partial charge < -0.3 is 27.7 Å². The molecule has 16 fully saturated rings. The fraction of sp³-hybridized carbons (Fsp3) is 0.692. The van der Waals surface area contributed by atoms with Gasteiger partial charge in [-0.1, -0.05) is 339 Å². The van der Waals surface area contributed by atoms with Crippen molar-refractivity contribution >= 4 is 60.8 Å². The van der Waals surface area contributed by atoms with Crippen LogP contribution in [-0.2, 0) is 0 Å². The van der Waals surface area contributed by atoms with Gasteiger partial charge in [0.25, 0.3) is 0 Å². The molecule has 8 bridgehead atoms. The van der Waals surface area contributed by atoms with E-state index in [1.165, 1.54) is 179 Å². The third kappa shape index (κ3) is 22.8. The third-order valence-electron chi connectivity index (χ3n) is 39.4. The first-order valence-electron chi connectivity index (χ1n) is 55.6. The maximum atomic E-state index is 6.46. The van der Waals surface area contributed by atoms with Crippen LogP contribution in [0.3, 0.4) is 0 Å². The summed E-state index contributed by atoms with van der Waals surface area (Å²) in [5.74, 6) is 14.7. The van der Waals surface area contributed by atoms with E-state index in [2.05, 4.69) is 378 Å². The SMILES string of the molecule is C.C.CC(C)c1cccc(C(C)C)c1N=P(C)(C)C1CC2C(C1)C(C)(C)CC2(C)C.CC(C)c1cccc(C(C)C)c1N=P(c1ccccc1)(c1ccccc1)C1CC2C(C1)C(C)(C)CC2(C)C.CC1(C)CC(C)(C)C2CC(P(=NC34CC5CC(CC(C5)C3)C4)(c3ccccc3)c3ccccc3)CC21.CC1(C)CC(C)(C)C2CC(P(C)(C)=NC34CC5CC(CC(C5)C3)C4)CC21.[CH2-]C.[CH2-]C.[CH2-]C.[CH2-]C. The largest absolute Gasteiger partial charge is 0.346 e. The summed E-state index contributed by atoms with van der Waals surface area (Å²) in [6.45, 7) is 89.6. The molecule has 8 atom stereocenters. The van der Waals surface area contributed by atoms with Gasteiger partial charge in [0.15, 0.2) is 0 Å². The van der Waals surface area contributed by atoms with Crippen LogP contribution in [0.2, 0.25) is 0 Å². The van der Waals surface area contributed by atoms with E-state index in [0.717, 1.165) is 94.2 Å². The van der Waals surface area contributed by atoms with Gasteiger partial charge in [-0.3, -0.25) is 19.0 Å². The molecule has 0 heterocycles. The zero-order valence-electron chi connectivity index (χ0n) is 93.1. The summed E-state index contributed by atoms with van der Waals surface area (Å²) in [7, 11) is -6.65. The Bertz CT molecular complexity index is 4890. The molecular weight excluding hydrogens is 1740 g/mol. The molecule has 16 saturated carbocycles. The Morgan fingerprint density at radius 2 is 0.435 bits per heavy atom. The summed E-state index contributed by atoms with van der Waals surface area (Å²) in [4.78, 5) is 0. The maximum Gasteiger partial charge on any atom is 0.0690 e. The number of nitrogens with zero attached hydrogens (tertiary/aromatic N) is 4. The number of hydrogen-bond acceptors (Lipinski definition) is 4. The molecular formula is C130H208N4P4-4. The highest BCUT2D eigenvalue weighted by atomic mass is 31.2. The Hall–Kier alpha value is -3.76. The van der Waals surface area contributed by atoms with E-state index in [4.69, 9.17) is 19.0 Å². The van der Waals surface area contributed by atoms with E-state index < -0.39 is 28.2 Å². The van der Waals surface area contributed by atoms with Gasteiger partial charge in [0.2, 0.25) is 0 Å². The summed E-state index contributed by atoms with van der Waals surface area (Å²) in [5.41, 5.74) is 15.6. The topological polar surface area (TPSA) is 49.4 Å². The van der Waals surface area contributed by atoms with Gasteiger partial charge in [0.05, 0.1) is 22.5 Å². The summed E-state index contributed by atoms with van der Waals surface area (Å²) in [6, 6.07) is 60.1. The quantitative estimate of drug-likeness (QED) is 0.0685. The van der Waals surface area contributed by atoms with Gasteiger partial charge in [-0.15, -0.1) is 0 Å². The lowest BCUT2D eigenvalue weighted by molar-refractivity contribution is 0.00226. The number of fused-ring (bicyclic) bond motifs is 4. The Balaban J connectivity index is 0.000000173. The van der Waals surface area contributed by atoms with Gasteiger partial charge in [-0.05, 0) is 400 Å². The molecule has 6 aromatic rings. The molecule has 0 saturated heterocycles. The van der Waals surface area contributed by atoms with Crippen molar-refractivity contribution in [1.29, 1.82) is 0 Å². The molecule has 0 amide bonds. The van der Waals surface area contributed by atoms with E-state index in [1.807, 2.05) is 0 Å². The number of hydrogen-bond donors (Lipinski definition) is 0. The van der Waals surface area contributed by atoms with Gasteiger partial charge in [0, 0.05) is 25.4 Å². The molecule has 0 aliphatic heterocycles. The van der Waals surface area contributed by atoms with Crippen LogP contribution in [-0.4, -0.2) is 60.4 Å². The van der Waals surface area contributed by atoms with Crippen LogP contribution < -0.4 is 21.2 Å². The smallest absolute Gasteiger partial charge is 0.0690 e. The highest BCUT2D eigenvalue weighted by molar-refractivity contribution is 7.82. The molecule has 0 spiro atoms. The lowest BCUT2D eigenvalue weighted by Gasteiger charge is -2.56. The molecule has 8 heteroatoms. The molecule has 6 aromatic carbocycles. The van der Waals surface area contributed by atoms with Crippen molar-refractivity contribution in [2.45, 2.75) is 420 Å². The molecule has 8 unspecified atom stereocenters. The van der Waals surface area contributed by atoms with E-state index >= 15 is 0 Å². The maximum absolute atomic E-state index is 6.46. The van der Waals surface area contributed by atoms with Crippen LogP contribution in [0.1, 0.15) is 409 Å². The predicted octanol–water partition coefficient (Wildman–Crippen LogP) is 39.7. The third-order valence-corrected chi connectivity index (χ3v) is 54.0. The molecule has 772 valence electrons. The van der Waals surface area contributed by atoms with Crippen molar-refractivity contribution in [2.24, 2.45) is 145 Å². The van der Waals surface area contributed by atoms with Crippen LogP contribution in [0.4, 0.5) is 11.4 Å². The zero-order valence-corrected chi connectivity index (χ0v) is 96.7. The normalized spacial score (nSPS) is 32.6. The fourth-order valence-corrected chi connectivity index (χ4v) is 50.1. The van der Waals surface area contributed by atoms with Gasteiger partial charge in [-0.2, -0.15) is 27.7 Å². The summed E-state index contributed by atoms with van der Waals surface area (Å²) < 4.78 is 24.2. The summed E-state index contributed by atoms with van der Waals surface area (Å²) >= 11 is 0. The van der Waals surface area contributed by atoms with Crippen molar-refractivity contribution in [3.05, 3.63) is 208 Å². The van der Waals surface area contributed by atoms with E-state index in [1.54, 1.807) is 57.6 Å². The van der Waals surface area contributed by atoms with Crippen LogP contribution in [0.15, 0.2) is 177 Å². The first-order chi connectivity index (χ1) is 63.9. The molecule has 0 radical (unpaired) electrons. The standard InChI is InChI=1S/C36H48NP.C34H46NP.C26H44NP.C24H42NP.4C2H5.2CH4/c1-25(2)30-20-15-21-31(26(3)4)34(30)37-38(27-16-11-9-12-17-27,28-18-13-10-14-19-28)29-22-32-33(23-29)36(7,8)24-35(32,5)6;1-32(2)23-33(3,4)31-19-29(18-30(31)32)36(27-11-7-5-8-12-27,28-13-9-6-10-14-28)35-34-20-24-15-25(21-34)17-26(16-24)22-34;1-17(2)20-12-11-13-21(18(3)4)24(20)27-28(9,10)19-14-22-23(15-19)26(7,8)16-25(22,5)6;1-22(2)15-23(3,4)21-11-19(10-20(21)22)26(5,6)25-24-12-16-7-17(13-24)9-18(8-16)14-24;4*1-2;;/h9-21,25-26,29,32-33H,22-24H2,1-8H3;5-14,24-26,29-31H,15-23H2,1-4H3;11-13,17-19,22-23H,14-16H2,1-10H3;16-21H,7-15H2,1-6H3;4*1H2,2H3;2*1H4/q;;;;4*-1;;. The molecule has 0 aromatic heterocycles. The van der Waals surface area contributed by atoms with E-state index in [9.17, 15) is 0 Å². The Morgan fingerprint density at radius 3 is 0.667 bits per heavy atom. The summed E-state index contributed by atoms with van der Waals surface area (Å²) in [5, 5.41) is 6.01. The second-order valence-corrected chi connectivity index (χ2v) is 69.0. The van der Waals surface area contributed by atoms with E-state index in [0.29, 0.717) is 83.8 Å². The molecule has 4 nitrogen and oxygen atoms in total. The Kier molecular flexibility index (Phi) is 36.5. The number of rotatable bonds is 16. The fourth-order valence-electron chi connectivity index (χ4n) is 35.6. The van der Waals surface area contributed by atoms with Crippen LogP contribution in [0, 0.1) is 154 Å². The zero-order chi connectivity index (χ0) is 99.7. The molecule has 0 N–H and O–H groups in total. The minimum absolute atomic E-state index is 0. The van der Waals surface area contributed by atoms with Crippen molar-refractivity contribution in [1.82, 2.24) is 0 Å². The minimum Gasteiger partial charge on any atom is -0.346 e. The van der Waals surface area contributed by atoms with Crippen molar-refractivity contribution < 1.29 is 0 Å².